The van der Waals surface area contributed by atoms with Crippen LogP contribution in [0.3, 0.4) is 0 Å². The van der Waals surface area contributed by atoms with E-state index in [1.807, 2.05) is 30.3 Å². The van der Waals surface area contributed by atoms with E-state index in [9.17, 15) is 4.79 Å². The highest BCUT2D eigenvalue weighted by atomic mass is 16.5. The fourth-order valence-corrected chi connectivity index (χ4v) is 1.55. The summed E-state index contributed by atoms with van der Waals surface area (Å²) >= 11 is 0. The minimum absolute atomic E-state index is 0.0968. The van der Waals surface area contributed by atoms with Crippen LogP contribution in [0.25, 0.3) is 0 Å². The molecule has 0 radical (unpaired) electrons. The van der Waals surface area contributed by atoms with Gasteiger partial charge in [-0.25, -0.2) is 0 Å². The lowest BCUT2D eigenvalue weighted by atomic mass is 10.1. The summed E-state index contributed by atoms with van der Waals surface area (Å²) in [6.07, 6.45) is 3.17. The Balaban J connectivity index is 1.72. The molecular weight excluding hydrogens is 204 g/mol. The summed E-state index contributed by atoms with van der Waals surface area (Å²) in [4.78, 5) is 11.1. The first-order valence-electron chi connectivity index (χ1n) is 5.31. The molecule has 1 aliphatic rings. The van der Waals surface area contributed by atoms with Gasteiger partial charge >= 0.3 is 0 Å². The molecule has 0 bridgehead atoms. The Hall–Kier alpha value is -1.61. The average Bonchev–Trinajstić information content (AvgIpc) is 2.30. The lowest BCUT2D eigenvalue weighted by Gasteiger charge is -2.18. The molecule has 0 unspecified atom stereocenters. The second-order valence-corrected chi connectivity index (χ2v) is 3.73. The van der Waals surface area contributed by atoms with Gasteiger partial charge in [-0.3, -0.25) is 4.79 Å². The number of allylic oxidation sites excluding steroid dienone is 1. The van der Waals surface area contributed by atoms with Crippen molar-refractivity contribution in [1.29, 1.82) is 0 Å². The zero-order valence-electron chi connectivity index (χ0n) is 8.96. The van der Waals surface area contributed by atoms with Gasteiger partial charge < -0.3 is 9.47 Å². The number of hydrogen-bond donors (Lipinski definition) is 0. The highest BCUT2D eigenvalue weighted by Crippen LogP contribution is 2.09. The standard InChI is InChI=1S/C13H14O3/c14-12-6-7-16-13(8-12)10-15-9-11-4-2-1-3-5-11/h1-7,13H,8-10H2/t13-/m1/s1. The monoisotopic (exact) mass is 218 g/mol. The van der Waals surface area contributed by atoms with Gasteiger partial charge in [0, 0.05) is 12.5 Å². The molecule has 0 N–H and O–H groups in total. The summed E-state index contributed by atoms with van der Waals surface area (Å²) in [6.45, 7) is 1.00. The fraction of sp³-hybridized carbons (Fsp3) is 0.308. The Bertz CT molecular complexity index is 370. The molecule has 1 aromatic carbocycles. The first-order chi connectivity index (χ1) is 7.84. The Labute approximate surface area is 94.7 Å². The minimum Gasteiger partial charge on any atom is -0.495 e. The topological polar surface area (TPSA) is 35.5 Å². The third-order valence-electron chi connectivity index (χ3n) is 2.37. The average molecular weight is 218 g/mol. The number of ether oxygens (including phenoxy) is 2. The van der Waals surface area contributed by atoms with Gasteiger partial charge in [0.25, 0.3) is 0 Å². The van der Waals surface area contributed by atoms with E-state index in [1.54, 1.807) is 0 Å². The Morgan fingerprint density at radius 2 is 2.12 bits per heavy atom. The van der Waals surface area contributed by atoms with Gasteiger partial charge in [0.15, 0.2) is 5.78 Å². The molecule has 0 aromatic heterocycles. The molecule has 0 fully saturated rings. The summed E-state index contributed by atoms with van der Waals surface area (Å²) in [7, 11) is 0. The summed E-state index contributed by atoms with van der Waals surface area (Å²) < 4.78 is 10.8. The van der Waals surface area contributed by atoms with E-state index in [0.717, 1.165) is 5.56 Å². The van der Waals surface area contributed by atoms with Gasteiger partial charge in [-0.05, 0) is 5.56 Å². The van der Waals surface area contributed by atoms with Crippen molar-refractivity contribution in [3.63, 3.8) is 0 Å². The van der Waals surface area contributed by atoms with Crippen LogP contribution < -0.4 is 0 Å². The van der Waals surface area contributed by atoms with Crippen LogP contribution in [0, 0.1) is 0 Å². The van der Waals surface area contributed by atoms with E-state index in [4.69, 9.17) is 9.47 Å². The maximum atomic E-state index is 11.1. The maximum Gasteiger partial charge on any atom is 0.162 e. The van der Waals surface area contributed by atoms with Crippen LogP contribution >= 0.6 is 0 Å². The van der Waals surface area contributed by atoms with E-state index in [-0.39, 0.29) is 11.9 Å². The molecule has 1 aliphatic heterocycles. The van der Waals surface area contributed by atoms with Crippen molar-refractivity contribution in [2.24, 2.45) is 0 Å². The summed E-state index contributed by atoms with van der Waals surface area (Å²) in [5.74, 6) is 0.0968. The molecule has 0 saturated carbocycles. The van der Waals surface area contributed by atoms with Crippen molar-refractivity contribution in [3.8, 4) is 0 Å². The molecule has 0 spiro atoms. The number of ketones is 1. The number of rotatable bonds is 4. The van der Waals surface area contributed by atoms with Crippen LogP contribution in [0.5, 0.6) is 0 Å². The zero-order chi connectivity index (χ0) is 11.2. The first kappa shape index (κ1) is 10.9. The van der Waals surface area contributed by atoms with Crippen LogP contribution in [-0.4, -0.2) is 18.5 Å². The molecule has 0 saturated heterocycles. The van der Waals surface area contributed by atoms with Crippen molar-refractivity contribution in [2.75, 3.05) is 6.61 Å². The zero-order valence-corrected chi connectivity index (χ0v) is 8.96. The largest absolute Gasteiger partial charge is 0.495 e. The second-order valence-electron chi connectivity index (χ2n) is 3.73. The Kier molecular flexibility index (Phi) is 3.72. The molecule has 1 atom stereocenters. The van der Waals surface area contributed by atoms with Gasteiger partial charge in [0.2, 0.25) is 0 Å². The maximum absolute atomic E-state index is 11.1. The lowest BCUT2D eigenvalue weighted by molar-refractivity contribution is -0.119. The highest BCUT2D eigenvalue weighted by Gasteiger charge is 2.16. The summed E-state index contributed by atoms with van der Waals surface area (Å²) in [5.41, 5.74) is 1.13. The fourth-order valence-electron chi connectivity index (χ4n) is 1.55. The molecule has 0 amide bonds. The SMILES string of the molecule is O=C1C=CO[C@@H](COCc2ccccc2)C1. The summed E-state index contributed by atoms with van der Waals surface area (Å²) in [5, 5.41) is 0. The van der Waals surface area contributed by atoms with Gasteiger partial charge in [-0.1, -0.05) is 30.3 Å². The van der Waals surface area contributed by atoms with E-state index in [2.05, 4.69) is 0 Å². The highest BCUT2D eigenvalue weighted by molar-refractivity contribution is 5.90. The van der Waals surface area contributed by atoms with Crippen molar-refractivity contribution < 1.29 is 14.3 Å². The van der Waals surface area contributed by atoms with Crippen molar-refractivity contribution in [2.45, 2.75) is 19.1 Å². The number of hydrogen-bond acceptors (Lipinski definition) is 3. The molecule has 84 valence electrons. The van der Waals surface area contributed by atoms with E-state index in [1.165, 1.54) is 12.3 Å². The van der Waals surface area contributed by atoms with Crippen molar-refractivity contribution in [1.82, 2.24) is 0 Å². The van der Waals surface area contributed by atoms with Crippen LogP contribution in [0.1, 0.15) is 12.0 Å². The number of benzene rings is 1. The lowest BCUT2D eigenvalue weighted by Crippen LogP contribution is -2.23. The molecule has 1 aromatic rings. The molecule has 2 rings (SSSR count). The van der Waals surface area contributed by atoms with Crippen LogP contribution in [-0.2, 0) is 20.9 Å². The van der Waals surface area contributed by atoms with Gasteiger partial charge in [-0.15, -0.1) is 0 Å². The van der Waals surface area contributed by atoms with E-state index in [0.29, 0.717) is 19.6 Å². The smallest absolute Gasteiger partial charge is 0.162 e. The van der Waals surface area contributed by atoms with Crippen molar-refractivity contribution in [3.05, 3.63) is 48.2 Å². The van der Waals surface area contributed by atoms with Crippen LogP contribution in [0.2, 0.25) is 0 Å². The molecule has 1 heterocycles. The molecule has 0 aliphatic carbocycles. The number of carbonyl (C=O) groups is 1. The predicted molar refractivity (Wildman–Crippen MR) is 59.7 cm³/mol. The third kappa shape index (κ3) is 3.21. The van der Waals surface area contributed by atoms with E-state index < -0.39 is 0 Å². The van der Waals surface area contributed by atoms with Gasteiger partial charge in [0.05, 0.1) is 19.5 Å². The molecule has 3 heteroatoms. The predicted octanol–water partition coefficient (Wildman–Crippen LogP) is 2.07. The molecule has 16 heavy (non-hydrogen) atoms. The van der Waals surface area contributed by atoms with Crippen molar-refractivity contribution >= 4 is 5.78 Å². The normalized spacial score (nSPS) is 19.5. The molecule has 3 nitrogen and oxygen atoms in total. The second kappa shape index (κ2) is 5.47. The Morgan fingerprint density at radius 3 is 2.88 bits per heavy atom. The summed E-state index contributed by atoms with van der Waals surface area (Å²) in [6, 6.07) is 9.93. The van der Waals surface area contributed by atoms with Gasteiger partial charge in [-0.2, -0.15) is 0 Å². The van der Waals surface area contributed by atoms with E-state index >= 15 is 0 Å². The third-order valence-corrected chi connectivity index (χ3v) is 2.37. The van der Waals surface area contributed by atoms with Crippen LogP contribution in [0.4, 0.5) is 0 Å². The minimum atomic E-state index is -0.138. The quantitative estimate of drug-likeness (QED) is 0.776. The first-order valence-corrected chi connectivity index (χ1v) is 5.31. The van der Waals surface area contributed by atoms with Gasteiger partial charge in [0.1, 0.15) is 6.10 Å². The number of carbonyl (C=O) groups excluding carboxylic acids is 1. The van der Waals surface area contributed by atoms with Crippen LogP contribution in [0.15, 0.2) is 42.7 Å². The molecular formula is C13H14O3. The Morgan fingerprint density at radius 1 is 1.31 bits per heavy atom.